The summed E-state index contributed by atoms with van der Waals surface area (Å²) in [6.45, 7) is 25.0. The highest BCUT2D eigenvalue weighted by atomic mass is 28.3. The summed E-state index contributed by atoms with van der Waals surface area (Å²) < 4.78 is 0. The van der Waals surface area contributed by atoms with Crippen LogP contribution in [-0.2, 0) is 0 Å². The third-order valence-corrected chi connectivity index (χ3v) is 10.5. The van der Waals surface area contributed by atoms with Crippen molar-refractivity contribution >= 4 is 70.6 Å². The number of fused-ring (bicyclic) bond motifs is 8. The summed E-state index contributed by atoms with van der Waals surface area (Å²) in [4.78, 5) is 18.0. The van der Waals surface area contributed by atoms with Gasteiger partial charge in [0.2, 0.25) is 0 Å². The number of H-pyrrole nitrogens is 2. The molecule has 240 valence electrons. The van der Waals surface area contributed by atoms with Crippen molar-refractivity contribution in [3.05, 3.63) is 69.3 Å². The van der Waals surface area contributed by atoms with Crippen LogP contribution in [0.4, 0.5) is 0 Å². The number of nitrogens with zero attached hydrogens (tertiary/aromatic N) is 2. The lowest BCUT2D eigenvalue weighted by Gasteiger charge is -2.13. The van der Waals surface area contributed by atoms with E-state index in [0.717, 1.165) is 74.4 Å². The van der Waals surface area contributed by atoms with E-state index < -0.39 is 24.2 Å². The van der Waals surface area contributed by atoms with Gasteiger partial charge in [0.25, 0.3) is 0 Å². The molecule has 3 aromatic rings. The molecule has 0 unspecified atom stereocenters. The van der Waals surface area contributed by atoms with Gasteiger partial charge in [-0.1, -0.05) is 90.5 Å². The fourth-order valence-electron chi connectivity index (χ4n) is 5.51. The Bertz CT molecular complexity index is 2010. The van der Waals surface area contributed by atoms with E-state index in [1.54, 1.807) is 0 Å². The van der Waals surface area contributed by atoms with E-state index in [4.69, 9.17) is 9.97 Å². The fraction of sp³-hybridized carbons (Fsp3) is 0.350. The summed E-state index contributed by atoms with van der Waals surface area (Å²) in [7, 11) is -5.03. The molecule has 0 aromatic carbocycles. The number of nitrogens with one attached hydrogen (secondary N) is 2. The summed E-state index contributed by atoms with van der Waals surface area (Å²) in [6, 6.07) is 8.75. The van der Waals surface area contributed by atoms with Gasteiger partial charge in [-0.2, -0.15) is 0 Å². The van der Waals surface area contributed by atoms with Crippen molar-refractivity contribution in [1.82, 2.24) is 19.9 Å². The molecule has 0 saturated carbocycles. The van der Waals surface area contributed by atoms with E-state index in [0.29, 0.717) is 5.92 Å². The van der Waals surface area contributed by atoms with Crippen LogP contribution in [0.25, 0.3) is 46.4 Å². The lowest BCUT2D eigenvalue weighted by atomic mass is 9.93. The molecule has 5 heterocycles. The van der Waals surface area contributed by atoms with Crippen LogP contribution in [-0.4, -0.2) is 44.2 Å². The molecule has 0 spiro atoms. The molecule has 2 N–H and O–H groups in total. The molecule has 0 aliphatic carbocycles. The number of hydrogen-bond donors (Lipinski definition) is 2. The molecule has 5 rings (SSSR count). The van der Waals surface area contributed by atoms with Crippen LogP contribution < -0.4 is 0 Å². The first-order valence-corrected chi connectivity index (χ1v) is 27.3. The molecule has 0 atom stereocenters. The lowest BCUT2D eigenvalue weighted by Crippen LogP contribution is -2.16. The van der Waals surface area contributed by atoms with Crippen LogP contribution in [0.2, 0.25) is 58.9 Å². The van der Waals surface area contributed by atoms with Gasteiger partial charge >= 0.3 is 0 Å². The summed E-state index contributed by atoms with van der Waals surface area (Å²) in [5.41, 5.74) is 22.3. The molecule has 8 bridgehead atoms. The molecule has 2 aliphatic rings. The molecule has 7 heteroatoms. The number of hydrogen-bond acceptors (Lipinski definition) is 2. The van der Waals surface area contributed by atoms with Gasteiger partial charge in [0.05, 0.1) is 50.5 Å². The van der Waals surface area contributed by atoms with E-state index in [1.807, 2.05) is 0 Å². The highest BCUT2D eigenvalue weighted by Crippen LogP contribution is 2.32. The Morgan fingerprint density at radius 1 is 0.511 bits per heavy atom. The SMILES string of the molecule is CCC(CC)c1c2ccc([nH]2)c(C#C[Si](C)(C)C)c2nc(c(C#C[Si](C)(C)C)c3nc(c(C#C[Si](C)(C)C)c4ccc1[nH]4)C=C3)C=C2. The molecule has 2 aliphatic heterocycles. The minimum atomic E-state index is -1.69. The number of rotatable bonds is 3. The number of aromatic amines is 2. The van der Waals surface area contributed by atoms with E-state index in [1.165, 1.54) is 5.56 Å². The van der Waals surface area contributed by atoms with Crippen molar-refractivity contribution in [2.45, 2.75) is 91.5 Å². The average Bonchev–Trinajstić information content (AvgIpc) is 3.79. The predicted molar refractivity (Wildman–Crippen MR) is 213 cm³/mol. The highest BCUT2D eigenvalue weighted by Gasteiger charge is 2.19. The zero-order valence-electron chi connectivity index (χ0n) is 30.0. The van der Waals surface area contributed by atoms with Gasteiger partial charge in [-0.05, 0) is 67.3 Å². The van der Waals surface area contributed by atoms with Gasteiger partial charge < -0.3 is 9.97 Å². The van der Waals surface area contributed by atoms with Crippen LogP contribution >= 0.6 is 0 Å². The summed E-state index contributed by atoms with van der Waals surface area (Å²) in [5, 5.41) is 0. The third-order valence-electron chi connectivity index (χ3n) is 7.88. The smallest absolute Gasteiger partial charge is 0.129 e. The van der Waals surface area contributed by atoms with Gasteiger partial charge in [0, 0.05) is 16.6 Å². The average molecular weight is 669 g/mol. The van der Waals surface area contributed by atoms with Crippen molar-refractivity contribution in [2.24, 2.45) is 0 Å². The molecule has 0 fully saturated rings. The van der Waals surface area contributed by atoms with Gasteiger partial charge in [-0.25, -0.2) is 9.97 Å². The fourth-order valence-corrected chi connectivity index (χ4v) is 7.01. The van der Waals surface area contributed by atoms with Crippen molar-refractivity contribution in [2.75, 3.05) is 0 Å². The highest BCUT2D eigenvalue weighted by molar-refractivity contribution is 6.84. The molecule has 3 aromatic heterocycles. The van der Waals surface area contributed by atoms with Crippen LogP contribution in [0, 0.1) is 34.4 Å². The normalized spacial score (nSPS) is 12.7. The van der Waals surface area contributed by atoms with Crippen molar-refractivity contribution in [1.29, 1.82) is 0 Å². The molecule has 0 amide bonds. The second kappa shape index (κ2) is 13.2. The zero-order chi connectivity index (χ0) is 34.1. The Labute approximate surface area is 284 Å². The van der Waals surface area contributed by atoms with Crippen LogP contribution in [0.15, 0.2) is 24.3 Å². The first kappa shape index (κ1) is 34.3. The molecular formula is C40H48N4Si3. The first-order valence-electron chi connectivity index (χ1n) is 16.8. The molecule has 47 heavy (non-hydrogen) atoms. The number of aromatic nitrogens is 4. The quantitative estimate of drug-likeness (QED) is 0.148. The lowest BCUT2D eigenvalue weighted by molar-refractivity contribution is 0.649. The summed E-state index contributed by atoms with van der Waals surface area (Å²) >= 11 is 0. The monoisotopic (exact) mass is 668 g/mol. The van der Waals surface area contributed by atoms with Crippen molar-refractivity contribution < 1.29 is 0 Å². The topological polar surface area (TPSA) is 57.4 Å². The first-order chi connectivity index (χ1) is 22.0. The van der Waals surface area contributed by atoms with E-state index in [9.17, 15) is 0 Å². The maximum Gasteiger partial charge on any atom is 0.129 e. The second-order valence-corrected chi connectivity index (χ2v) is 29.8. The maximum absolute atomic E-state index is 5.21. The van der Waals surface area contributed by atoms with E-state index in [2.05, 4.69) is 166 Å². The Morgan fingerprint density at radius 2 is 0.830 bits per heavy atom. The van der Waals surface area contributed by atoms with Crippen LogP contribution in [0.5, 0.6) is 0 Å². The zero-order valence-corrected chi connectivity index (χ0v) is 33.0. The van der Waals surface area contributed by atoms with Gasteiger partial charge in [-0.3, -0.25) is 0 Å². The summed E-state index contributed by atoms with van der Waals surface area (Å²) in [6.07, 6.45) is 10.4. The van der Waals surface area contributed by atoms with Gasteiger partial charge in [-0.15, -0.1) is 16.6 Å². The van der Waals surface area contributed by atoms with E-state index >= 15 is 0 Å². The van der Waals surface area contributed by atoms with Crippen molar-refractivity contribution in [3.63, 3.8) is 0 Å². The Kier molecular flexibility index (Phi) is 9.63. The Hall–Kier alpha value is -4.07. The standard InChI is InChI=1S/C40H48N4Si3/c1-12-28(13-2)40-38-20-18-36(43-38)30(23-26-46(6,7)8)34-16-14-32(41-34)29(22-25-45(3,4)5)33-15-17-35(42-33)31(24-27-47(9,10)11)37-19-21-39(40)44-37/h14-21,28,43-44H,12-13H2,1-11H3. The minimum absolute atomic E-state index is 0.370. The third kappa shape index (κ3) is 8.27. The van der Waals surface area contributed by atoms with Gasteiger partial charge in [0.1, 0.15) is 24.2 Å². The van der Waals surface area contributed by atoms with Crippen LogP contribution in [0.1, 0.15) is 77.6 Å². The molecule has 4 nitrogen and oxygen atoms in total. The molecular weight excluding hydrogens is 621 g/mol. The maximum atomic E-state index is 5.21. The summed E-state index contributed by atoms with van der Waals surface area (Å²) in [5.74, 6) is 11.1. The van der Waals surface area contributed by atoms with E-state index in [-0.39, 0.29) is 0 Å². The van der Waals surface area contributed by atoms with Gasteiger partial charge in [0.15, 0.2) is 0 Å². The van der Waals surface area contributed by atoms with Crippen LogP contribution in [0.3, 0.4) is 0 Å². The molecule has 0 radical (unpaired) electrons. The second-order valence-electron chi connectivity index (χ2n) is 15.6. The molecule has 0 saturated heterocycles. The minimum Gasteiger partial charge on any atom is -0.354 e. The van der Waals surface area contributed by atoms with Crippen molar-refractivity contribution in [3.8, 4) is 34.4 Å². The predicted octanol–water partition coefficient (Wildman–Crippen LogP) is 10.2. The largest absolute Gasteiger partial charge is 0.354 e. The Morgan fingerprint density at radius 3 is 1.17 bits per heavy atom. The Balaban J connectivity index is 2.03.